The Balaban J connectivity index is 1.62. The lowest BCUT2D eigenvalue weighted by atomic mass is 9.96. The van der Waals surface area contributed by atoms with Crippen LogP contribution in [0.5, 0.6) is 0 Å². The number of carbonyl (C=O) groups excluding carboxylic acids is 1. The summed E-state index contributed by atoms with van der Waals surface area (Å²) in [4.78, 5) is 30.8. The summed E-state index contributed by atoms with van der Waals surface area (Å²) in [6.45, 7) is 9.76. The maximum absolute atomic E-state index is 12.3. The van der Waals surface area contributed by atoms with Gasteiger partial charge in [0.15, 0.2) is 5.11 Å². The molecule has 1 fully saturated rings. The number of carboxylic acid groups (broad SMARTS) is 1. The van der Waals surface area contributed by atoms with Gasteiger partial charge in [-0.1, -0.05) is 26.0 Å². The van der Waals surface area contributed by atoms with Gasteiger partial charge in [0.25, 0.3) is 0 Å². The van der Waals surface area contributed by atoms with Crippen molar-refractivity contribution in [1.82, 2.24) is 14.9 Å². The van der Waals surface area contributed by atoms with E-state index in [0.717, 1.165) is 45.3 Å². The van der Waals surface area contributed by atoms with Crippen LogP contribution in [0.3, 0.4) is 0 Å². The Labute approximate surface area is 245 Å². The van der Waals surface area contributed by atoms with E-state index in [0.29, 0.717) is 5.11 Å². The smallest absolute Gasteiger partial charge is 0.335 e. The number of nitrogens with one attached hydrogen (secondary N) is 2. The molecule has 8 nitrogen and oxygen atoms in total. The first kappa shape index (κ1) is 28.0. The average Bonchev–Trinajstić information content (AvgIpc) is 3.44. The number of aromatic carboxylic acids is 1. The van der Waals surface area contributed by atoms with Crippen LogP contribution in [0.15, 0.2) is 72.9 Å². The molecule has 3 heterocycles. The predicted molar refractivity (Wildman–Crippen MR) is 165 cm³/mol. The van der Waals surface area contributed by atoms with E-state index in [4.69, 9.17) is 12.2 Å². The van der Waals surface area contributed by atoms with Crippen LogP contribution in [0.2, 0.25) is 0 Å². The Morgan fingerprint density at radius 2 is 1.78 bits per heavy atom. The van der Waals surface area contributed by atoms with Crippen molar-refractivity contribution < 1.29 is 14.7 Å². The van der Waals surface area contributed by atoms with E-state index in [1.807, 2.05) is 77.1 Å². The van der Waals surface area contributed by atoms with Gasteiger partial charge in [0.1, 0.15) is 0 Å². The molecular weight excluding hydrogens is 534 g/mol. The topological polar surface area (TPSA) is 99.5 Å². The van der Waals surface area contributed by atoms with Crippen molar-refractivity contribution in [3.05, 3.63) is 107 Å². The Morgan fingerprint density at radius 1 is 1.00 bits per heavy atom. The van der Waals surface area contributed by atoms with Crippen LogP contribution in [0.25, 0.3) is 5.69 Å². The summed E-state index contributed by atoms with van der Waals surface area (Å²) in [5.41, 5.74) is 7.44. The molecule has 210 valence electrons. The highest BCUT2D eigenvalue weighted by molar-refractivity contribution is 7.80. The van der Waals surface area contributed by atoms with E-state index in [2.05, 4.69) is 31.2 Å². The second-order valence-electron chi connectivity index (χ2n) is 10.7. The summed E-state index contributed by atoms with van der Waals surface area (Å²) >= 11 is 5.92. The number of amides is 1. The van der Waals surface area contributed by atoms with E-state index in [9.17, 15) is 14.7 Å². The Kier molecular flexibility index (Phi) is 7.64. The molecule has 5 rings (SSSR count). The molecule has 0 aliphatic carbocycles. The largest absolute Gasteiger partial charge is 0.478 e. The minimum absolute atomic E-state index is 0.0355. The predicted octanol–water partition coefficient (Wildman–Crippen LogP) is 6.27. The molecule has 1 saturated heterocycles. The van der Waals surface area contributed by atoms with Crippen molar-refractivity contribution in [1.29, 1.82) is 0 Å². The van der Waals surface area contributed by atoms with Gasteiger partial charge in [0.05, 0.1) is 23.3 Å². The summed E-state index contributed by atoms with van der Waals surface area (Å²) in [6, 6.07) is 20.4. The van der Waals surface area contributed by atoms with Crippen LogP contribution < -0.4 is 15.5 Å². The zero-order valence-corrected chi connectivity index (χ0v) is 24.5. The first-order valence-electron chi connectivity index (χ1n) is 13.5. The molecule has 2 aromatic heterocycles. The molecule has 0 radical (unpaired) electrons. The number of thiocarbonyl (C=S) groups is 1. The fraction of sp³-hybridized carbons (Fsp3) is 0.250. The van der Waals surface area contributed by atoms with Gasteiger partial charge in [-0.15, -0.1) is 0 Å². The number of carbonyl (C=O) groups is 2. The number of aromatic nitrogens is 2. The molecular formula is C32H33N5O3S. The molecule has 4 aromatic rings. The molecule has 0 saturated carbocycles. The van der Waals surface area contributed by atoms with E-state index in [-0.39, 0.29) is 29.5 Å². The fourth-order valence-corrected chi connectivity index (χ4v) is 5.77. The molecule has 2 unspecified atom stereocenters. The molecule has 1 aliphatic heterocycles. The van der Waals surface area contributed by atoms with Crippen molar-refractivity contribution in [3.8, 4) is 5.69 Å². The third-order valence-electron chi connectivity index (χ3n) is 7.51. The van der Waals surface area contributed by atoms with E-state index >= 15 is 0 Å². The average molecular weight is 568 g/mol. The Hall–Kier alpha value is -4.50. The molecule has 1 amide bonds. The second-order valence-corrected chi connectivity index (χ2v) is 11.0. The molecule has 41 heavy (non-hydrogen) atoms. The number of anilines is 2. The number of nitrogens with zero attached hydrogens (tertiary/aromatic N) is 3. The SMILES string of the molecule is Cc1cc(N2C(=S)NC(c3ccccn3)C2c2cc(C)n(-c3cccc(C(=O)O)c3)c2C)ccc1NC(=O)C(C)C. The third-order valence-corrected chi connectivity index (χ3v) is 7.82. The minimum atomic E-state index is -0.968. The zero-order valence-electron chi connectivity index (χ0n) is 23.7. The van der Waals surface area contributed by atoms with Gasteiger partial charge in [0, 0.05) is 40.6 Å². The number of carboxylic acids is 1. The van der Waals surface area contributed by atoms with Crippen LogP contribution in [0, 0.1) is 26.7 Å². The summed E-state index contributed by atoms with van der Waals surface area (Å²) < 4.78 is 2.08. The first-order chi connectivity index (χ1) is 19.6. The van der Waals surface area contributed by atoms with E-state index in [1.165, 1.54) is 0 Å². The molecule has 1 aliphatic rings. The lowest BCUT2D eigenvalue weighted by molar-refractivity contribution is -0.118. The zero-order chi connectivity index (χ0) is 29.4. The second kappa shape index (κ2) is 11.2. The van der Waals surface area contributed by atoms with Gasteiger partial charge in [-0.2, -0.15) is 0 Å². The molecule has 0 bridgehead atoms. The Bertz CT molecular complexity index is 1650. The highest BCUT2D eigenvalue weighted by Gasteiger charge is 2.42. The van der Waals surface area contributed by atoms with Gasteiger partial charge in [-0.05, 0) is 98.7 Å². The van der Waals surface area contributed by atoms with E-state index in [1.54, 1.807) is 24.4 Å². The lowest BCUT2D eigenvalue weighted by Gasteiger charge is -2.29. The van der Waals surface area contributed by atoms with Crippen LogP contribution in [0.1, 0.15) is 64.5 Å². The summed E-state index contributed by atoms with van der Waals surface area (Å²) in [6.07, 6.45) is 1.77. The van der Waals surface area contributed by atoms with Gasteiger partial charge >= 0.3 is 5.97 Å². The molecule has 2 aromatic carbocycles. The van der Waals surface area contributed by atoms with Crippen molar-refractivity contribution in [2.75, 3.05) is 10.2 Å². The van der Waals surface area contributed by atoms with Gasteiger partial charge < -0.3 is 25.2 Å². The first-order valence-corrected chi connectivity index (χ1v) is 13.9. The van der Waals surface area contributed by atoms with Crippen molar-refractivity contribution in [2.24, 2.45) is 5.92 Å². The minimum Gasteiger partial charge on any atom is -0.478 e. The highest BCUT2D eigenvalue weighted by Crippen LogP contribution is 2.44. The molecule has 9 heteroatoms. The maximum atomic E-state index is 12.3. The highest BCUT2D eigenvalue weighted by atomic mass is 32.1. The number of hydrogen-bond donors (Lipinski definition) is 3. The van der Waals surface area contributed by atoms with E-state index < -0.39 is 5.97 Å². The summed E-state index contributed by atoms with van der Waals surface area (Å²) in [5, 5.41) is 16.7. The van der Waals surface area contributed by atoms with Crippen molar-refractivity contribution in [2.45, 2.75) is 46.7 Å². The summed E-state index contributed by atoms with van der Waals surface area (Å²) in [7, 11) is 0. The quantitative estimate of drug-likeness (QED) is 0.227. The van der Waals surface area contributed by atoms with Gasteiger partial charge in [0.2, 0.25) is 5.91 Å². The van der Waals surface area contributed by atoms with Crippen LogP contribution in [-0.4, -0.2) is 31.6 Å². The molecule has 2 atom stereocenters. The number of aryl methyl sites for hydroxylation is 2. The van der Waals surface area contributed by atoms with Crippen LogP contribution in [0.4, 0.5) is 11.4 Å². The monoisotopic (exact) mass is 567 g/mol. The van der Waals surface area contributed by atoms with Gasteiger partial charge in [-0.3, -0.25) is 9.78 Å². The van der Waals surface area contributed by atoms with Crippen LogP contribution >= 0.6 is 12.2 Å². The number of hydrogen-bond acceptors (Lipinski definition) is 4. The van der Waals surface area contributed by atoms with Crippen molar-refractivity contribution in [3.63, 3.8) is 0 Å². The van der Waals surface area contributed by atoms with Crippen LogP contribution in [-0.2, 0) is 4.79 Å². The number of benzene rings is 2. The summed E-state index contributed by atoms with van der Waals surface area (Å²) in [5.74, 6) is -1.13. The van der Waals surface area contributed by atoms with Gasteiger partial charge in [-0.25, -0.2) is 4.79 Å². The Morgan fingerprint density at radius 3 is 2.44 bits per heavy atom. The number of rotatable bonds is 7. The molecule has 0 spiro atoms. The number of pyridine rings is 1. The van der Waals surface area contributed by atoms with Crippen molar-refractivity contribution >= 4 is 40.6 Å². The lowest BCUT2D eigenvalue weighted by Crippen LogP contribution is -2.29. The third kappa shape index (κ3) is 5.32. The molecule has 3 N–H and O–H groups in total. The fourth-order valence-electron chi connectivity index (χ4n) is 5.43. The maximum Gasteiger partial charge on any atom is 0.335 e. The standard InChI is InChI=1S/C32H33N5O3S/c1-18(2)30(38)34-26-13-12-24(15-19(26)3)37-29(28(35-32(37)41)27-11-6-7-14-33-27)25-16-20(4)36(21(25)5)23-10-8-9-22(17-23)31(39)40/h6-18,28-29H,1-5H3,(H,34,38)(H,35,41)(H,39,40). The normalized spacial score (nSPS) is 16.6.